The molecule has 0 radical (unpaired) electrons. The Balaban J connectivity index is 1.47. The van der Waals surface area contributed by atoms with E-state index in [2.05, 4.69) is 42.7 Å². The van der Waals surface area contributed by atoms with Gasteiger partial charge in [-0.25, -0.2) is 9.97 Å². The van der Waals surface area contributed by atoms with Crippen molar-refractivity contribution in [2.24, 2.45) is 0 Å². The monoisotopic (exact) mass is 402 g/mol. The van der Waals surface area contributed by atoms with Gasteiger partial charge in [-0.2, -0.15) is 0 Å². The fourth-order valence-electron chi connectivity index (χ4n) is 2.90. The fraction of sp³-hybridized carbons (Fsp3) is 0.235. The Morgan fingerprint density at radius 3 is 3.17 bits per heavy atom. The van der Waals surface area contributed by atoms with E-state index in [1.807, 2.05) is 23.1 Å². The maximum absolute atomic E-state index is 12.5. The Bertz CT molecular complexity index is 910. The topological polar surface area (TPSA) is 58.1 Å². The second kappa shape index (κ2) is 6.49. The Morgan fingerprint density at radius 1 is 1.33 bits per heavy atom. The summed E-state index contributed by atoms with van der Waals surface area (Å²) in [6.45, 7) is 1.72. The molecule has 1 amide bonds. The number of halogens is 1. The number of anilines is 1. The van der Waals surface area contributed by atoms with Crippen LogP contribution in [0.2, 0.25) is 0 Å². The molecular formula is C17H15BrN4OS. The van der Waals surface area contributed by atoms with Gasteiger partial charge in [-0.15, -0.1) is 11.3 Å². The minimum Gasteiger partial charge on any atom is -0.360 e. The van der Waals surface area contributed by atoms with Gasteiger partial charge in [0.05, 0.1) is 12.1 Å². The quantitative estimate of drug-likeness (QED) is 0.728. The molecule has 0 saturated heterocycles. The molecule has 3 aromatic rings. The van der Waals surface area contributed by atoms with Crippen LogP contribution in [0.4, 0.5) is 5.82 Å². The highest BCUT2D eigenvalue weighted by Crippen LogP contribution is 2.25. The highest BCUT2D eigenvalue weighted by Gasteiger charge is 2.21. The molecule has 0 bridgehead atoms. The van der Waals surface area contributed by atoms with Gasteiger partial charge in [0, 0.05) is 27.8 Å². The van der Waals surface area contributed by atoms with Crippen molar-refractivity contribution in [3.8, 4) is 0 Å². The smallest absolute Gasteiger partial charge is 0.242 e. The number of nitrogens with one attached hydrogen (secondary N) is 1. The van der Waals surface area contributed by atoms with Gasteiger partial charge in [-0.3, -0.25) is 4.79 Å². The molecule has 1 N–H and O–H groups in total. The first-order valence-corrected chi connectivity index (χ1v) is 9.35. The summed E-state index contributed by atoms with van der Waals surface area (Å²) in [5, 5.41) is 6.17. The number of benzene rings is 1. The molecule has 3 heterocycles. The van der Waals surface area contributed by atoms with Crippen molar-refractivity contribution in [1.82, 2.24) is 14.9 Å². The molecule has 0 unspecified atom stereocenters. The average molecular weight is 403 g/mol. The van der Waals surface area contributed by atoms with Gasteiger partial charge in [-0.1, -0.05) is 15.9 Å². The number of fused-ring (bicyclic) bond motifs is 2. The summed E-state index contributed by atoms with van der Waals surface area (Å²) in [6.07, 6.45) is 2.46. The first kappa shape index (κ1) is 15.5. The molecule has 5 nitrogen and oxygen atoms in total. The van der Waals surface area contributed by atoms with Crippen LogP contribution in [-0.4, -0.2) is 33.9 Å². The molecule has 0 spiro atoms. The molecule has 2 aromatic heterocycles. The van der Waals surface area contributed by atoms with E-state index in [4.69, 9.17) is 0 Å². The van der Waals surface area contributed by atoms with Crippen LogP contribution in [-0.2, 0) is 17.8 Å². The largest absolute Gasteiger partial charge is 0.360 e. The lowest BCUT2D eigenvalue weighted by Crippen LogP contribution is -2.38. The number of carbonyl (C=O) groups is 1. The molecule has 122 valence electrons. The Labute approximate surface area is 151 Å². The molecule has 24 heavy (non-hydrogen) atoms. The lowest BCUT2D eigenvalue weighted by Gasteiger charge is -2.27. The number of aromatic nitrogens is 2. The second-order valence-corrected chi connectivity index (χ2v) is 7.59. The number of thiophene rings is 1. The van der Waals surface area contributed by atoms with Crippen LogP contribution in [0.3, 0.4) is 0 Å². The Kier molecular flexibility index (Phi) is 4.20. The van der Waals surface area contributed by atoms with Gasteiger partial charge in [0.2, 0.25) is 5.91 Å². The van der Waals surface area contributed by atoms with Crippen LogP contribution >= 0.6 is 27.3 Å². The van der Waals surface area contributed by atoms with Crippen molar-refractivity contribution in [3.05, 3.63) is 50.9 Å². The lowest BCUT2D eigenvalue weighted by atomic mass is 10.1. The Hall–Kier alpha value is -1.99. The summed E-state index contributed by atoms with van der Waals surface area (Å²) in [6, 6.07) is 7.94. The number of nitrogens with zero attached hydrogens (tertiary/aromatic N) is 3. The molecular weight excluding hydrogens is 388 g/mol. The summed E-state index contributed by atoms with van der Waals surface area (Å²) in [5.41, 5.74) is 2.13. The van der Waals surface area contributed by atoms with Crippen molar-refractivity contribution >= 4 is 49.9 Å². The van der Waals surface area contributed by atoms with E-state index in [1.165, 1.54) is 16.8 Å². The summed E-state index contributed by atoms with van der Waals surface area (Å²) >= 11 is 5.24. The van der Waals surface area contributed by atoms with Crippen LogP contribution in [0, 0.1) is 0 Å². The van der Waals surface area contributed by atoms with Gasteiger partial charge in [0.25, 0.3) is 0 Å². The molecule has 1 aliphatic heterocycles. The summed E-state index contributed by atoms with van der Waals surface area (Å²) in [4.78, 5) is 24.4. The molecule has 1 aliphatic rings. The first-order valence-electron chi connectivity index (χ1n) is 7.68. The van der Waals surface area contributed by atoms with Crippen LogP contribution in [0.25, 0.3) is 10.9 Å². The number of hydrogen-bond acceptors (Lipinski definition) is 5. The fourth-order valence-corrected chi connectivity index (χ4v) is 4.15. The third-order valence-corrected chi connectivity index (χ3v) is 5.68. The predicted octanol–water partition coefficient (Wildman–Crippen LogP) is 3.45. The second-order valence-electron chi connectivity index (χ2n) is 5.67. The number of carbonyl (C=O) groups excluding carboxylic acids is 1. The summed E-state index contributed by atoms with van der Waals surface area (Å²) in [5.74, 6) is 0.775. The van der Waals surface area contributed by atoms with Crippen LogP contribution in [0.15, 0.2) is 40.4 Å². The maximum Gasteiger partial charge on any atom is 0.242 e. The van der Waals surface area contributed by atoms with Crippen LogP contribution < -0.4 is 5.32 Å². The van der Waals surface area contributed by atoms with Crippen molar-refractivity contribution in [2.45, 2.75) is 13.0 Å². The first-order chi connectivity index (χ1) is 11.7. The van der Waals surface area contributed by atoms with E-state index in [0.29, 0.717) is 12.4 Å². The number of amides is 1. The van der Waals surface area contributed by atoms with Gasteiger partial charge in [0.1, 0.15) is 12.1 Å². The van der Waals surface area contributed by atoms with Gasteiger partial charge >= 0.3 is 0 Å². The SMILES string of the molecule is O=C(CNc1ncnc2ccc(Br)cc12)N1CCc2sccc2C1. The third-order valence-electron chi connectivity index (χ3n) is 4.16. The minimum absolute atomic E-state index is 0.0913. The van der Waals surface area contributed by atoms with E-state index < -0.39 is 0 Å². The van der Waals surface area contributed by atoms with E-state index in [9.17, 15) is 4.79 Å². The van der Waals surface area contributed by atoms with Crippen LogP contribution in [0.1, 0.15) is 10.4 Å². The molecule has 4 rings (SSSR count). The zero-order valence-corrected chi connectivity index (χ0v) is 15.2. The highest BCUT2D eigenvalue weighted by atomic mass is 79.9. The minimum atomic E-state index is 0.0913. The van der Waals surface area contributed by atoms with Crippen molar-refractivity contribution in [2.75, 3.05) is 18.4 Å². The van der Waals surface area contributed by atoms with E-state index >= 15 is 0 Å². The van der Waals surface area contributed by atoms with Crippen LogP contribution in [0.5, 0.6) is 0 Å². The lowest BCUT2D eigenvalue weighted by molar-refractivity contribution is -0.130. The number of hydrogen-bond donors (Lipinski definition) is 1. The zero-order valence-electron chi connectivity index (χ0n) is 12.8. The predicted molar refractivity (Wildman–Crippen MR) is 99.2 cm³/mol. The highest BCUT2D eigenvalue weighted by molar-refractivity contribution is 9.10. The van der Waals surface area contributed by atoms with Crippen molar-refractivity contribution < 1.29 is 4.79 Å². The zero-order chi connectivity index (χ0) is 16.5. The molecule has 0 fully saturated rings. The van der Waals surface area contributed by atoms with Gasteiger partial charge in [0.15, 0.2) is 0 Å². The molecule has 1 aromatic carbocycles. The molecule has 0 atom stereocenters. The standard InChI is InChI=1S/C17H15BrN4OS/c18-12-1-2-14-13(7-12)17(21-10-20-14)19-8-16(23)22-5-3-15-11(9-22)4-6-24-15/h1-2,4,6-7,10H,3,5,8-9H2,(H,19,20,21). The van der Waals surface area contributed by atoms with E-state index in [-0.39, 0.29) is 12.5 Å². The average Bonchev–Trinajstić information content (AvgIpc) is 3.07. The van der Waals surface area contributed by atoms with Crippen molar-refractivity contribution in [3.63, 3.8) is 0 Å². The van der Waals surface area contributed by atoms with Gasteiger partial charge in [-0.05, 0) is 41.6 Å². The van der Waals surface area contributed by atoms with E-state index in [0.717, 1.165) is 28.3 Å². The Morgan fingerprint density at radius 2 is 2.25 bits per heavy atom. The summed E-state index contributed by atoms with van der Waals surface area (Å²) < 4.78 is 0.959. The van der Waals surface area contributed by atoms with E-state index in [1.54, 1.807) is 11.3 Å². The number of rotatable bonds is 3. The summed E-state index contributed by atoms with van der Waals surface area (Å²) in [7, 11) is 0. The molecule has 0 saturated carbocycles. The molecule has 7 heteroatoms. The molecule has 0 aliphatic carbocycles. The van der Waals surface area contributed by atoms with Crippen molar-refractivity contribution in [1.29, 1.82) is 0 Å². The normalized spacial score (nSPS) is 13.8. The van der Waals surface area contributed by atoms with Gasteiger partial charge < -0.3 is 10.2 Å². The third kappa shape index (κ3) is 3.01. The maximum atomic E-state index is 12.5.